The molecule has 0 bridgehead atoms. The number of piperidine rings is 1. The normalized spacial score (nSPS) is 20.2. The van der Waals surface area contributed by atoms with Gasteiger partial charge < -0.3 is 10.6 Å². The second kappa shape index (κ2) is 5.61. The lowest BCUT2D eigenvalue weighted by atomic mass is 10.0. The van der Waals surface area contributed by atoms with Crippen LogP contribution in [0.1, 0.15) is 24.0 Å². The molecule has 1 atom stereocenters. The Hall–Kier alpha value is -1.56. The minimum Gasteiger partial charge on any atom is -0.355 e. The van der Waals surface area contributed by atoms with Crippen molar-refractivity contribution in [2.24, 2.45) is 0 Å². The summed E-state index contributed by atoms with van der Waals surface area (Å²) >= 11 is 0. The fraction of sp³-hybridized carbons (Fsp3) is 0.462. The van der Waals surface area contributed by atoms with E-state index in [2.05, 4.69) is 10.6 Å². The van der Waals surface area contributed by atoms with Crippen LogP contribution in [0.4, 0.5) is 13.2 Å². The maximum Gasteiger partial charge on any atom is 0.416 e. The number of hydrogen-bond acceptors (Lipinski definition) is 2. The Kier molecular flexibility index (Phi) is 4.09. The molecule has 0 spiro atoms. The molecule has 0 aromatic heterocycles. The second-order valence-electron chi connectivity index (χ2n) is 4.58. The van der Waals surface area contributed by atoms with Crippen molar-refractivity contribution in [1.82, 2.24) is 10.6 Å². The van der Waals surface area contributed by atoms with Gasteiger partial charge in [0.15, 0.2) is 0 Å². The first-order valence-corrected chi connectivity index (χ1v) is 6.12. The van der Waals surface area contributed by atoms with Crippen molar-refractivity contribution >= 4 is 5.91 Å². The molecule has 6 heteroatoms. The van der Waals surface area contributed by atoms with Gasteiger partial charge in [-0.15, -0.1) is 0 Å². The molecule has 1 aliphatic heterocycles. The van der Waals surface area contributed by atoms with Crippen LogP contribution in [0, 0.1) is 0 Å². The van der Waals surface area contributed by atoms with Gasteiger partial charge in [0.25, 0.3) is 0 Å². The lowest BCUT2D eigenvalue weighted by Gasteiger charge is -2.24. The van der Waals surface area contributed by atoms with Gasteiger partial charge >= 0.3 is 6.18 Å². The molecule has 0 aliphatic carbocycles. The largest absolute Gasteiger partial charge is 0.416 e. The first-order valence-electron chi connectivity index (χ1n) is 6.12. The third kappa shape index (κ3) is 3.70. The smallest absolute Gasteiger partial charge is 0.355 e. The Balaban J connectivity index is 1.98. The molecule has 1 aliphatic rings. The Bertz CT molecular complexity index is 449. The number of hydrogen-bond donors (Lipinski definition) is 2. The van der Waals surface area contributed by atoms with Gasteiger partial charge in [-0.3, -0.25) is 4.79 Å². The monoisotopic (exact) mass is 272 g/mol. The van der Waals surface area contributed by atoms with E-state index in [4.69, 9.17) is 0 Å². The lowest BCUT2D eigenvalue weighted by molar-refractivity contribution is -0.138. The van der Waals surface area contributed by atoms with Crippen molar-refractivity contribution in [1.29, 1.82) is 0 Å². The van der Waals surface area contributed by atoms with Crippen molar-refractivity contribution in [2.75, 3.05) is 6.54 Å². The number of carbonyl (C=O) groups excluding carboxylic acids is 1. The van der Waals surface area contributed by atoms with Crippen LogP contribution in [0.3, 0.4) is 0 Å². The van der Waals surface area contributed by atoms with E-state index in [1.165, 1.54) is 12.1 Å². The topological polar surface area (TPSA) is 41.1 Å². The van der Waals surface area contributed by atoms with Crippen molar-refractivity contribution in [3.05, 3.63) is 35.4 Å². The summed E-state index contributed by atoms with van der Waals surface area (Å²) in [6.07, 6.45) is -3.27. The summed E-state index contributed by atoms with van der Waals surface area (Å²) in [7, 11) is 0. The number of alkyl halides is 3. The van der Waals surface area contributed by atoms with Crippen LogP contribution in [-0.4, -0.2) is 18.5 Å². The predicted molar refractivity (Wildman–Crippen MR) is 64.3 cm³/mol. The van der Waals surface area contributed by atoms with Crippen molar-refractivity contribution in [3.8, 4) is 0 Å². The van der Waals surface area contributed by atoms with E-state index in [1.54, 1.807) is 6.07 Å². The molecule has 2 N–H and O–H groups in total. The summed E-state index contributed by atoms with van der Waals surface area (Å²) < 4.78 is 38.3. The Labute approximate surface area is 109 Å². The SMILES string of the molecule is O=C1CCC(NCc2ccccc2C(F)(F)F)CN1. The van der Waals surface area contributed by atoms with Gasteiger partial charge in [0.05, 0.1) is 5.56 Å². The average molecular weight is 272 g/mol. The molecule has 104 valence electrons. The molecule has 1 fully saturated rings. The summed E-state index contributed by atoms with van der Waals surface area (Å²) in [6, 6.07) is 5.55. The van der Waals surface area contributed by atoms with E-state index in [0.29, 0.717) is 19.4 Å². The third-order valence-corrected chi connectivity index (χ3v) is 3.17. The van der Waals surface area contributed by atoms with Crippen LogP contribution in [0.25, 0.3) is 0 Å². The number of nitrogens with one attached hydrogen (secondary N) is 2. The summed E-state index contributed by atoms with van der Waals surface area (Å²) in [5.41, 5.74) is -0.380. The number of rotatable bonds is 3. The van der Waals surface area contributed by atoms with Crippen molar-refractivity contribution in [2.45, 2.75) is 31.6 Å². The molecular formula is C13H15F3N2O. The average Bonchev–Trinajstić information content (AvgIpc) is 2.37. The fourth-order valence-corrected chi connectivity index (χ4v) is 2.11. The van der Waals surface area contributed by atoms with E-state index >= 15 is 0 Å². The molecule has 1 aromatic carbocycles. The highest BCUT2D eigenvalue weighted by Gasteiger charge is 2.32. The molecule has 0 radical (unpaired) electrons. The molecule has 1 unspecified atom stereocenters. The molecule has 0 saturated carbocycles. The molecule has 1 aromatic rings. The summed E-state index contributed by atoms with van der Waals surface area (Å²) in [4.78, 5) is 11.0. The number of benzene rings is 1. The van der Waals surface area contributed by atoms with Crippen molar-refractivity contribution < 1.29 is 18.0 Å². The highest BCUT2D eigenvalue weighted by molar-refractivity contribution is 5.76. The maximum atomic E-state index is 12.8. The third-order valence-electron chi connectivity index (χ3n) is 3.17. The standard InChI is InChI=1S/C13H15F3N2O/c14-13(15,16)11-4-2-1-3-9(11)7-17-10-5-6-12(19)18-8-10/h1-4,10,17H,5-8H2,(H,18,19). The maximum absolute atomic E-state index is 12.8. The van der Waals surface area contributed by atoms with Crippen LogP contribution in [0.2, 0.25) is 0 Å². The van der Waals surface area contributed by atoms with E-state index in [-0.39, 0.29) is 24.1 Å². The van der Waals surface area contributed by atoms with E-state index in [1.807, 2.05) is 0 Å². The van der Waals surface area contributed by atoms with Crippen LogP contribution < -0.4 is 10.6 Å². The number of amides is 1. The van der Waals surface area contributed by atoms with Crippen LogP contribution >= 0.6 is 0 Å². The zero-order valence-electron chi connectivity index (χ0n) is 10.3. The summed E-state index contributed by atoms with van der Waals surface area (Å²) in [5, 5.41) is 5.75. The first-order chi connectivity index (χ1) is 8.97. The predicted octanol–water partition coefficient (Wildman–Crippen LogP) is 2.07. The minimum atomic E-state index is -4.33. The summed E-state index contributed by atoms with van der Waals surface area (Å²) in [5.74, 6) is -0.00579. The highest BCUT2D eigenvalue weighted by atomic mass is 19.4. The van der Waals surface area contributed by atoms with Crippen LogP contribution in [0.5, 0.6) is 0 Å². The number of halogens is 3. The Morgan fingerprint density at radius 2 is 2.05 bits per heavy atom. The van der Waals surface area contributed by atoms with Crippen molar-refractivity contribution in [3.63, 3.8) is 0 Å². The highest BCUT2D eigenvalue weighted by Crippen LogP contribution is 2.31. The second-order valence-corrected chi connectivity index (χ2v) is 4.58. The summed E-state index contributed by atoms with van der Waals surface area (Å²) in [6.45, 7) is 0.614. The minimum absolute atomic E-state index is 0.00579. The Morgan fingerprint density at radius 3 is 2.68 bits per heavy atom. The molecule has 3 nitrogen and oxygen atoms in total. The van der Waals surface area contributed by atoms with E-state index in [9.17, 15) is 18.0 Å². The van der Waals surface area contributed by atoms with Gasteiger partial charge in [0.2, 0.25) is 5.91 Å². The van der Waals surface area contributed by atoms with E-state index in [0.717, 1.165) is 6.07 Å². The van der Waals surface area contributed by atoms with Gasteiger partial charge in [0, 0.05) is 25.6 Å². The zero-order chi connectivity index (χ0) is 13.9. The fourth-order valence-electron chi connectivity index (χ4n) is 2.11. The van der Waals surface area contributed by atoms with Crippen LogP contribution in [0.15, 0.2) is 24.3 Å². The van der Waals surface area contributed by atoms with Gasteiger partial charge in [-0.25, -0.2) is 0 Å². The molecule has 2 rings (SSSR count). The molecule has 1 amide bonds. The molecule has 19 heavy (non-hydrogen) atoms. The lowest BCUT2D eigenvalue weighted by Crippen LogP contribution is -2.45. The van der Waals surface area contributed by atoms with Gasteiger partial charge in [-0.2, -0.15) is 13.2 Å². The Morgan fingerprint density at radius 1 is 1.32 bits per heavy atom. The zero-order valence-corrected chi connectivity index (χ0v) is 10.3. The molecule has 1 saturated heterocycles. The molecular weight excluding hydrogens is 257 g/mol. The first kappa shape index (κ1) is 13.9. The van der Waals surface area contributed by atoms with Gasteiger partial charge in [-0.1, -0.05) is 18.2 Å². The van der Waals surface area contributed by atoms with Gasteiger partial charge in [0.1, 0.15) is 0 Å². The quantitative estimate of drug-likeness (QED) is 0.884. The number of carbonyl (C=O) groups is 1. The van der Waals surface area contributed by atoms with Crippen LogP contribution in [-0.2, 0) is 17.5 Å². The van der Waals surface area contributed by atoms with Gasteiger partial charge in [-0.05, 0) is 18.1 Å². The van der Waals surface area contributed by atoms with E-state index < -0.39 is 11.7 Å². The molecule has 1 heterocycles.